The van der Waals surface area contributed by atoms with Gasteiger partial charge in [-0.3, -0.25) is 4.79 Å². The number of esters is 1. The molecule has 1 N–H and O–H groups in total. The van der Waals surface area contributed by atoms with Crippen molar-refractivity contribution in [3.05, 3.63) is 90.0 Å². The molecular weight excluding hydrogens is 370 g/mol. The van der Waals surface area contributed by atoms with Gasteiger partial charge in [-0.15, -0.1) is 0 Å². The Balaban J connectivity index is 1.55. The number of carbonyl (C=O) groups is 2. The first-order valence-corrected chi connectivity index (χ1v) is 9.06. The Morgan fingerprint density at radius 3 is 2.17 bits per heavy atom. The minimum absolute atomic E-state index is 0.315. The number of methoxy groups -OCH3 is 1. The fourth-order valence-electron chi connectivity index (χ4n) is 2.61. The van der Waals surface area contributed by atoms with Gasteiger partial charge in [0.2, 0.25) is 0 Å². The van der Waals surface area contributed by atoms with E-state index >= 15 is 0 Å². The Morgan fingerprint density at radius 1 is 0.759 bits per heavy atom. The Bertz CT molecular complexity index is 972. The molecule has 0 heterocycles. The molecule has 0 bridgehead atoms. The third kappa shape index (κ3) is 5.84. The summed E-state index contributed by atoms with van der Waals surface area (Å²) >= 11 is 0. The molecule has 0 fully saturated rings. The van der Waals surface area contributed by atoms with Crippen LogP contribution >= 0.6 is 0 Å². The Labute approximate surface area is 169 Å². The lowest BCUT2D eigenvalue weighted by Crippen LogP contribution is -2.13. The molecule has 3 rings (SSSR count). The molecule has 0 aromatic heterocycles. The monoisotopic (exact) mass is 391 g/mol. The number of rotatable bonds is 8. The van der Waals surface area contributed by atoms with Crippen molar-refractivity contribution >= 4 is 17.6 Å². The molecule has 3 aromatic carbocycles. The van der Waals surface area contributed by atoms with E-state index in [-0.39, 0.29) is 5.91 Å². The lowest BCUT2D eigenvalue weighted by molar-refractivity contribution is 0.0600. The second-order valence-corrected chi connectivity index (χ2v) is 6.06. The summed E-state index contributed by atoms with van der Waals surface area (Å²) in [5.41, 5.74) is 1.26. The summed E-state index contributed by atoms with van der Waals surface area (Å²) in [5, 5.41) is 2.80. The van der Waals surface area contributed by atoms with Gasteiger partial charge in [0.15, 0.2) is 0 Å². The van der Waals surface area contributed by atoms with Crippen molar-refractivity contribution in [1.29, 1.82) is 0 Å². The van der Waals surface area contributed by atoms with E-state index in [1.54, 1.807) is 42.5 Å². The SMILES string of the molecule is COC(=O)c1cccc(C(=O)Nc2cccc(OCCOc3ccccc3)c2)c1. The zero-order chi connectivity index (χ0) is 20.5. The van der Waals surface area contributed by atoms with Crippen LogP contribution in [0.4, 0.5) is 5.69 Å². The number of para-hydroxylation sites is 1. The average Bonchev–Trinajstić information content (AvgIpc) is 2.77. The van der Waals surface area contributed by atoms with Gasteiger partial charge in [-0.2, -0.15) is 0 Å². The van der Waals surface area contributed by atoms with Crippen LogP contribution in [-0.2, 0) is 4.74 Å². The minimum Gasteiger partial charge on any atom is -0.490 e. The van der Waals surface area contributed by atoms with Crippen LogP contribution in [0, 0.1) is 0 Å². The number of hydrogen-bond donors (Lipinski definition) is 1. The fourth-order valence-corrected chi connectivity index (χ4v) is 2.61. The minimum atomic E-state index is -0.493. The maximum atomic E-state index is 12.5. The Hall–Kier alpha value is -3.80. The first kappa shape index (κ1) is 19.9. The third-order valence-corrected chi connectivity index (χ3v) is 4.00. The predicted molar refractivity (Wildman–Crippen MR) is 110 cm³/mol. The molecule has 0 aliphatic rings. The van der Waals surface area contributed by atoms with Gasteiger partial charge in [-0.1, -0.05) is 30.3 Å². The van der Waals surface area contributed by atoms with Crippen molar-refractivity contribution in [2.24, 2.45) is 0 Å². The molecule has 0 spiro atoms. The van der Waals surface area contributed by atoms with Gasteiger partial charge in [0.05, 0.1) is 12.7 Å². The molecule has 3 aromatic rings. The summed E-state index contributed by atoms with van der Waals surface area (Å²) < 4.78 is 16.0. The number of anilines is 1. The van der Waals surface area contributed by atoms with E-state index in [4.69, 9.17) is 9.47 Å². The number of ether oxygens (including phenoxy) is 3. The molecule has 0 radical (unpaired) electrons. The highest BCUT2D eigenvalue weighted by molar-refractivity contribution is 6.05. The van der Waals surface area contributed by atoms with Crippen LogP contribution in [0.2, 0.25) is 0 Å². The van der Waals surface area contributed by atoms with Crippen molar-refractivity contribution in [3.63, 3.8) is 0 Å². The second kappa shape index (κ2) is 9.94. The van der Waals surface area contributed by atoms with Crippen LogP contribution in [0.1, 0.15) is 20.7 Å². The largest absolute Gasteiger partial charge is 0.490 e. The van der Waals surface area contributed by atoms with Crippen LogP contribution in [0.15, 0.2) is 78.9 Å². The number of carbonyl (C=O) groups excluding carboxylic acids is 2. The highest BCUT2D eigenvalue weighted by Crippen LogP contribution is 2.19. The van der Waals surface area contributed by atoms with Gasteiger partial charge in [0.25, 0.3) is 5.91 Å². The van der Waals surface area contributed by atoms with Crippen molar-refractivity contribution in [2.75, 3.05) is 25.6 Å². The molecule has 1 amide bonds. The Morgan fingerprint density at radius 2 is 1.41 bits per heavy atom. The number of hydrogen-bond acceptors (Lipinski definition) is 5. The van der Waals surface area contributed by atoms with Gasteiger partial charge in [-0.25, -0.2) is 4.79 Å². The van der Waals surface area contributed by atoms with Crippen LogP contribution < -0.4 is 14.8 Å². The first-order chi connectivity index (χ1) is 14.2. The number of nitrogens with one attached hydrogen (secondary N) is 1. The summed E-state index contributed by atoms with van der Waals surface area (Å²) in [5.74, 6) is 0.571. The van der Waals surface area contributed by atoms with Crippen molar-refractivity contribution < 1.29 is 23.8 Å². The summed E-state index contributed by atoms with van der Waals surface area (Å²) in [6.45, 7) is 0.772. The van der Waals surface area contributed by atoms with Gasteiger partial charge in [0, 0.05) is 17.3 Å². The number of benzene rings is 3. The molecule has 29 heavy (non-hydrogen) atoms. The zero-order valence-corrected chi connectivity index (χ0v) is 16.0. The van der Waals surface area contributed by atoms with Gasteiger partial charge < -0.3 is 19.5 Å². The summed E-state index contributed by atoms with van der Waals surface area (Å²) in [4.78, 5) is 24.1. The predicted octanol–water partition coefficient (Wildman–Crippen LogP) is 4.18. The van der Waals surface area contributed by atoms with E-state index in [1.807, 2.05) is 30.3 Å². The van der Waals surface area contributed by atoms with Crippen molar-refractivity contribution in [3.8, 4) is 11.5 Å². The lowest BCUT2D eigenvalue weighted by atomic mass is 10.1. The van der Waals surface area contributed by atoms with Gasteiger partial charge in [-0.05, 0) is 42.5 Å². The molecule has 0 aliphatic carbocycles. The molecular formula is C23H21NO5. The number of amides is 1. The highest BCUT2D eigenvalue weighted by Gasteiger charge is 2.11. The summed E-state index contributed by atoms with van der Waals surface area (Å²) in [6.07, 6.45) is 0. The van der Waals surface area contributed by atoms with E-state index in [1.165, 1.54) is 13.2 Å². The van der Waals surface area contributed by atoms with E-state index in [2.05, 4.69) is 10.1 Å². The van der Waals surface area contributed by atoms with Crippen LogP contribution in [0.3, 0.4) is 0 Å². The maximum Gasteiger partial charge on any atom is 0.337 e. The standard InChI is InChI=1S/C23H21NO5/c1-27-23(26)18-8-5-7-17(15-18)22(25)24-19-9-6-12-21(16-19)29-14-13-28-20-10-3-2-4-11-20/h2-12,15-16H,13-14H2,1H3,(H,24,25). The fraction of sp³-hybridized carbons (Fsp3) is 0.130. The molecule has 6 nitrogen and oxygen atoms in total. The molecule has 0 saturated heterocycles. The van der Waals surface area contributed by atoms with Gasteiger partial charge >= 0.3 is 5.97 Å². The van der Waals surface area contributed by atoms with Crippen LogP contribution in [0.25, 0.3) is 0 Å². The van der Waals surface area contributed by atoms with Crippen LogP contribution in [-0.4, -0.2) is 32.2 Å². The second-order valence-electron chi connectivity index (χ2n) is 6.06. The molecule has 0 unspecified atom stereocenters. The summed E-state index contributed by atoms with van der Waals surface area (Å²) in [7, 11) is 1.30. The van der Waals surface area contributed by atoms with Crippen molar-refractivity contribution in [1.82, 2.24) is 0 Å². The maximum absolute atomic E-state index is 12.5. The Kier molecular flexibility index (Phi) is 6.84. The van der Waals surface area contributed by atoms with E-state index in [0.29, 0.717) is 35.8 Å². The average molecular weight is 391 g/mol. The smallest absolute Gasteiger partial charge is 0.337 e. The van der Waals surface area contributed by atoms with E-state index in [0.717, 1.165) is 5.75 Å². The molecule has 0 atom stereocenters. The zero-order valence-electron chi connectivity index (χ0n) is 16.0. The highest BCUT2D eigenvalue weighted by atomic mass is 16.5. The molecule has 148 valence electrons. The first-order valence-electron chi connectivity index (χ1n) is 9.06. The molecule has 0 aliphatic heterocycles. The van der Waals surface area contributed by atoms with Gasteiger partial charge in [0.1, 0.15) is 24.7 Å². The third-order valence-electron chi connectivity index (χ3n) is 4.00. The normalized spacial score (nSPS) is 10.1. The quantitative estimate of drug-likeness (QED) is 0.461. The van der Waals surface area contributed by atoms with Crippen LogP contribution in [0.5, 0.6) is 11.5 Å². The summed E-state index contributed by atoms with van der Waals surface area (Å²) in [6, 6.07) is 22.9. The van der Waals surface area contributed by atoms with E-state index < -0.39 is 5.97 Å². The molecule has 6 heteroatoms. The van der Waals surface area contributed by atoms with E-state index in [9.17, 15) is 9.59 Å². The topological polar surface area (TPSA) is 73.9 Å². The molecule has 0 saturated carbocycles. The lowest BCUT2D eigenvalue weighted by Gasteiger charge is -2.10. The van der Waals surface area contributed by atoms with Crippen molar-refractivity contribution in [2.45, 2.75) is 0 Å².